The first kappa shape index (κ1) is 17.5. The fourth-order valence-corrected chi connectivity index (χ4v) is 2.51. The fourth-order valence-electron chi connectivity index (χ4n) is 2.51. The summed E-state index contributed by atoms with van der Waals surface area (Å²) >= 11 is 0. The van der Waals surface area contributed by atoms with Crippen molar-refractivity contribution in [3.05, 3.63) is 35.4 Å². The Balaban J connectivity index is 1.94. The van der Waals surface area contributed by atoms with E-state index in [2.05, 4.69) is 17.6 Å². The van der Waals surface area contributed by atoms with Gasteiger partial charge in [0.25, 0.3) is 5.91 Å². The number of amides is 2. The Morgan fingerprint density at radius 2 is 1.91 bits per heavy atom. The van der Waals surface area contributed by atoms with Crippen LogP contribution in [0, 0.1) is 5.41 Å². The van der Waals surface area contributed by atoms with Crippen molar-refractivity contribution in [2.75, 3.05) is 19.6 Å². The fraction of sp³-hybridized carbons (Fsp3) is 0.556. The maximum Gasteiger partial charge on any atom is 0.253 e. The second-order valence-corrected chi connectivity index (χ2v) is 7.24. The smallest absolute Gasteiger partial charge is 0.253 e. The molecule has 1 heterocycles. The monoisotopic (exact) mass is 317 g/mol. The number of nitrogens with zero attached hydrogens (tertiary/aromatic N) is 1. The normalized spacial score (nSPS) is 18.6. The third-order valence-electron chi connectivity index (χ3n) is 3.99. The minimum absolute atomic E-state index is 0.0208. The molecule has 2 N–H and O–H groups in total. The average Bonchev–Trinajstić information content (AvgIpc) is 2.51. The van der Waals surface area contributed by atoms with Crippen LogP contribution in [0.2, 0.25) is 0 Å². The van der Waals surface area contributed by atoms with Gasteiger partial charge in [-0.05, 0) is 24.6 Å². The molecule has 0 saturated carbocycles. The molecule has 1 aliphatic rings. The highest BCUT2D eigenvalue weighted by Crippen LogP contribution is 2.14. The second-order valence-electron chi connectivity index (χ2n) is 7.24. The van der Waals surface area contributed by atoms with Gasteiger partial charge in [-0.1, -0.05) is 32.9 Å². The number of hydrogen-bond donors (Lipinski definition) is 2. The maximum atomic E-state index is 12.5. The Kier molecular flexibility index (Phi) is 5.42. The van der Waals surface area contributed by atoms with E-state index in [1.165, 1.54) is 0 Å². The summed E-state index contributed by atoms with van der Waals surface area (Å²) in [6.07, 6.45) is 0. The molecular formula is C18H27N3O2. The lowest BCUT2D eigenvalue weighted by Crippen LogP contribution is -2.51. The third-order valence-corrected chi connectivity index (χ3v) is 3.99. The van der Waals surface area contributed by atoms with Crippen LogP contribution < -0.4 is 10.6 Å². The zero-order valence-electron chi connectivity index (χ0n) is 14.5. The summed E-state index contributed by atoms with van der Waals surface area (Å²) in [5.74, 6) is 0.0936. The van der Waals surface area contributed by atoms with E-state index in [1.54, 1.807) is 0 Å². The number of nitrogens with one attached hydrogen (secondary N) is 2. The molecule has 23 heavy (non-hydrogen) atoms. The van der Waals surface area contributed by atoms with Crippen molar-refractivity contribution in [1.82, 2.24) is 15.5 Å². The number of piperazine rings is 1. The third kappa shape index (κ3) is 4.79. The lowest BCUT2D eigenvalue weighted by atomic mass is 9.95. The molecule has 1 unspecified atom stereocenters. The minimum Gasteiger partial charge on any atom is -0.352 e. The van der Waals surface area contributed by atoms with Crippen LogP contribution >= 0.6 is 0 Å². The molecule has 2 amide bonds. The molecule has 0 radical (unpaired) electrons. The summed E-state index contributed by atoms with van der Waals surface area (Å²) in [5, 5.41) is 6.25. The molecule has 1 aliphatic heterocycles. The van der Waals surface area contributed by atoms with E-state index in [0.29, 0.717) is 18.2 Å². The molecule has 2 rings (SSSR count). The van der Waals surface area contributed by atoms with E-state index in [-0.39, 0.29) is 11.8 Å². The van der Waals surface area contributed by atoms with Crippen LogP contribution in [0.4, 0.5) is 0 Å². The standard InChI is InChI=1S/C18H27N3O2/c1-13-12-21(10-9-19-13)16(22)15-7-5-14(6-8-15)11-20-17(23)18(2,3)4/h5-8,13,19H,9-12H2,1-4H3,(H,20,23). The van der Waals surface area contributed by atoms with Crippen molar-refractivity contribution >= 4 is 11.8 Å². The number of benzene rings is 1. The first-order valence-electron chi connectivity index (χ1n) is 8.17. The van der Waals surface area contributed by atoms with Gasteiger partial charge in [0.05, 0.1) is 0 Å². The molecule has 5 nitrogen and oxygen atoms in total. The predicted molar refractivity (Wildman–Crippen MR) is 91.1 cm³/mol. The molecule has 1 aromatic rings. The van der Waals surface area contributed by atoms with Gasteiger partial charge in [0.15, 0.2) is 0 Å². The number of rotatable bonds is 3. The lowest BCUT2D eigenvalue weighted by molar-refractivity contribution is -0.128. The molecule has 1 saturated heterocycles. The van der Waals surface area contributed by atoms with Gasteiger partial charge in [0.2, 0.25) is 5.91 Å². The number of hydrogen-bond acceptors (Lipinski definition) is 3. The van der Waals surface area contributed by atoms with E-state index in [1.807, 2.05) is 49.9 Å². The Bertz CT molecular complexity index is 561. The van der Waals surface area contributed by atoms with E-state index < -0.39 is 5.41 Å². The molecule has 1 fully saturated rings. The number of carbonyl (C=O) groups excluding carboxylic acids is 2. The van der Waals surface area contributed by atoms with Gasteiger partial charge in [0.1, 0.15) is 0 Å². The molecular weight excluding hydrogens is 290 g/mol. The van der Waals surface area contributed by atoms with Crippen LogP contribution in [0.3, 0.4) is 0 Å². The highest BCUT2D eigenvalue weighted by molar-refractivity contribution is 5.94. The molecule has 0 spiro atoms. The van der Waals surface area contributed by atoms with E-state index in [0.717, 1.165) is 25.2 Å². The van der Waals surface area contributed by atoms with Gasteiger partial charge in [-0.3, -0.25) is 9.59 Å². The molecule has 1 aromatic carbocycles. The first-order chi connectivity index (χ1) is 10.8. The Morgan fingerprint density at radius 3 is 2.48 bits per heavy atom. The van der Waals surface area contributed by atoms with Gasteiger partial charge >= 0.3 is 0 Å². The topological polar surface area (TPSA) is 61.4 Å². The first-order valence-corrected chi connectivity index (χ1v) is 8.17. The summed E-state index contributed by atoms with van der Waals surface area (Å²) in [6, 6.07) is 7.82. The van der Waals surface area contributed by atoms with Gasteiger partial charge in [0, 0.05) is 43.2 Å². The predicted octanol–water partition coefficient (Wildman–Crippen LogP) is 1.78. The zero-order valence-corrected chi connectivity index (χ0v) is 14.5. The van der Waals surface area contributed by atoms with E-state index >= 15 is 0 Å². The van der Waals surface area contributed by atoms with Gasteiger partial charge in [-0.25, -0.2) is 0 Å². The van der Waals surface area contributed by atoms with E-state index in [4.69, 9.17) is 0 Å². The van der Waals surface area contributed by atoms with Crippen LogP contribution in [0.25, 0.3) is 0 Å². The molecule has 126 valence electrons. The highest BCUT2D eigenvalue weighted by Gasteiger charge is 2.22. The molecule has 0 bridgehead atoms. The van der Waals surface area contributed by atoms with Crippen molar-refractivity contribution in [2.24, 2.45) is 5.41 Å². The summed E-state index contributed by atoms with van der Waals surface area (Å²) < 4.78 is 0. The van der Waals surface area contributed by atoms with Crippen LogP contribution in [0.1, 0.15) is 43.6 Å². The minimum atomic E-state index is -0.394. The van der Waals surface area contributed by atoms with E-state index in [9.17, 15) is 9.59 Å². The quantitative estimate of drug-likeness (QED) is 0.893. The van der Waals surface area contributed by atoms with Gasteiger partial charge in [-0.2, -0.15) is 0 Å². The van der Waals surface area contributed by atoms with Crippen LogP contribution in [-0.2, 0) is 11.3 Å². The summed E-state index contributed by atoms with van der Waals surface area (Å²) in [4.78, 5) is 26.2. The second kappa shape index (κ2) is 7.13. The highest BCUT2D eigenvalue weighted by atomic mass is 16.2. The Labute approximate surface area is 138 Å². The van der Waals surface area contributed by atoms with Crippen molar-refractivity contribution in [1.29, 1.82) is 0 Å². The largest absolute Gasteiger partial charge is 0.352 e. The molecule has 0 aliphatic carbocycles. The van der Waals surface area contributed by atoms with Gasteiger partial charge in [-0.15, -0.1) is 0 Å². The average molecular weight is 317 g/mol. The number of carbonyl (C=O) groups is 2. The Hall–Kier alpha value is -1.88. The summed E-state index contributed by atoms with van der Waals surface area (Å²) in [7, 11) is 0. The molecule has 5 heteroatoms. The van der Waals surface area contributed by atoms with Gasteiger partial charge < -0.3 is 15.5 Å². The SMILES string of the molecule is CC1CN(C(=O)c2ccc(CNC(=O)C(C)(C)C)cc2)CCN1. The molecule has 1 atom stereocenters. The summed E-state index contributed by atoms with van der Waals surface area (Å²) in [5.41, 5.74) is 1.30. The Morgan fingerprint density at radius 1 is 1.26 bits per heavy atom. The van der Waals surface area contributed by atoms with Crippen molar-refractivity contribution in [3.63, 3.8) is 0 Å². The van der Waals surface area contributed by atoms with Crippen molar-refractivity contribution < 1.29 is 9.59 Å². The molecule has 0 aromatic heterocycles. The van der Waals surface area contributed by atoms with Crippen molar-refractivity contribution in [3.8, 4) is 0 Å². The summed E-state index contributed by atoms with van der Waals surface area (Å²) in [6.45, 7) is 10.5. The zero-order chi connectivity index (χ0) is 17.0. The van der Waals surface area contributed by atoms with Crippen molar-refractivity contribution in [2.45, 2.75) is 40.3 Å². The lowest BCUT2D eigenvalue weighted by Gasteiger charge is -2.32. The maximum absolute atomic E-state index is 12.5. The van der Waals surface area contributed by atoms with Crippen LogP contribution in [0.15, 0.2) is 24.3 Å². The van der Waals surface area contributed by atoms with Crippen LogP contribution in [-0.4, -0.2) is 42.4 Å². The van der Waals surface area contributed by atoms with Crippen LogP contribution in [0.5, 0.6) is 0 Å².